The number of hydrogen-bond donors (Lipinski definition) is 0. The van der Waals surface area contributed by atoms with Crippen LogP contribution in [0.5, 0.6) is 0 Å². The molecule has 0 spiro atoms. The van der Waals surface area contributed by atoms with Gasteiger partial charge >= 0.3 is 0 Å². The summed E-state index contributed by atoms with van der Waals surface area (Å²) in [5.74, 6) is 0.553. The Kier molecular flexibility index (Phi) is 5.35. The maximum Gasteiger partial charge on any atom is 0.0981 e. The number of nitrogens with zero attached hydrogens (tertiary/aromatic N) is 1. The smallest absolute Gasteiger partial charge is 0.0981 e. The summed E-state index contributed by atoms with van der Waals surface area (Å²) in [5, 5.41) is 3.41. The van der Waals surface area contributed by atoms with Gasteiger partial charge in [0.1, 0.15) is 0 Å². The fourth-order valence-corrected chi connectivity index (χ4v) is 1.96. The highest BCUT2D eigenvalue weighted by Gasteiger charge is 2.18. The Morgan fingerprint density at radius 3 is 1.93 bits per heavy atom. The van der Waals surface area contributed by atoms with Gasteiger partial charge in [-0.15, -0.1) is 11.3 Å². The predicted octanol–water partition coefficient (Wildman–Crippen LogP) is 4.59. The second-order valence-electron chi connectivity index (χ2n) is 4.48. The lowest BCUT2D eigenvalue weighted by molar-refractivity contribution is 0.581. The minimum absolute atomic E-state index is 0.206. The molecule has 0 amide bonds. The molecule has 1 rings (SSSR count). The molecule has 1 nitrogen and oxygen atoms in total. The summed E-state index contributed by atoms with van der Waals surface area (Å²) in [6, 6.07) is 0. The van der Waals surface area contributed by atoms with E-state index in [1.165, 1.54) is 10.7 Å². The molecule has 14 heavy (non-hydrogen) atoms. The van der Waals surface area contributed by atoms with E-state index >= 15 is 0 Å². The highest BCUT2D eigenvalue weighted by Crippen LogP contribution is 2.27. The van der Waals surface area contributed by atoms with Gasteiger partial charge in [-0.25, -0.2) is 4.98 Å². The second kappa shape index (κ2) is 5.50. The highest BCUT2D eigenvalue weighted by molar-refractivity contribution is 7.09. The number of hydrogen-bond acceptors (Lipinski definition) is 2. The zero-order valence-corrected chi connectivity index (χ0v) is 11.3. The van der Waals surface area contributed by atoms with Crippen molar-refractivity contribution >= 4 is 11.3 Å². The lowest BCUT2D eigenvalue weighted by Gasteiger charge is -2.13. The van der Waals surface area contributed by atoms with E-state index in [2.05, 4.69) is 45.0 Å². The lowest BCUT2D eigenvalue weighted by Crippen LogP contribution is -2.10. The normalized spacial score (nSPS) is 11.1. The van der Waals surface area contributed by atoms with Crippen LogP contribution in [-0.4, -0.2) is 4.98 Å². The molecule has 0 atom stereocenters. The van der Waals surface area contributed by atoms with Gasteiger partial charge in [0.05, 0.1) is 10.7 Å². The Hall–Kier alpha value is -0.370. The molecular weight excluding hydrogens is 190 g/mol. The molecular formula is C12H23NS. The monoisotopic (exact) mass is 213 g/mol. The molecule has 0 fully saturated rings. The van der Waals surface area contributed by atoms with Gasteiger partial charge in [-0.3, -0.25) is 0 Å². The largest absolute Gasteiger partial charge is 0.245 e. The van der Waals surface area contributed by atoms with Crippen LogP contribution in [-0.2, 0) is 5.41 Å². The summed E-state index contributed by atoms with van der Waals surface area (Å²) in [6.07, 6.45) is 0. The summed E-state index contributed by atoms with van der Waals surface area (Å²) < 4.78 is 0. The van der Waals surface area contributed by atoms with Gasteiger partial charge in [0.25, 0.3) is 0 Å². The van der Waals surface area contributed by atoms with Gasteiger partial charge in [0.2, 0.25) is 0 Å². The third-order valence-corrected chi connectivity index (χ3v) is 3.04. The van der Waals surface area contributed by atoms with Crippen molar-refractivity contribution in [1.29, 1.82) is 0 Å². The van der Waals surface area contributed by atoms with E-state index in [1.807, 2.05) is 13.8 Å². The van der Waals surface area contributed by atoms with E-state index in [0.717, 1.165) is 0 Å². The van der Waals surface area contributed by atoms with Crippen molar-refractivity contribution in [3.63, 3.8) is 0 Å². The second-order valence-corrected chi connectivity index (χ2v) is 5.34. The number of aromatic nitrogens is 1. The maximum atomic E-state index is 4.60. The summed E-state index contributed by atoms with van der Waals surface area (Å²) in [6.45, 7) is 15.0. The lowest BCUT2D eigenvalue weighted by atomic mass is 9.98. The zero-order valence-electron chi connectivity index (χ0n) is 10.5. The summed E-state index contributed by atoms with van der Waals surface area (Å²) >= 11 is 1.77. The van der Waals surface area contributed by atoms with E-state index in [-0.39, 0.29) is 5.41 Å². The van der Waals surface area contributed by atoms with Crippen molar-refractivity contribution in [2.45, 2.75) is 59.8 Å². The van der Waals surface area contributed by atoms with Crippen LogP contribution in [0.1, 0.15) is 65.1 Å². The van der Waals surface area contributed by atoms with Gasteiger partial charge in [0.15, 0.2) is 0 Å². The minimum atomic E-state index is 0.206. The SMILES string of the molecule is CC.CC(C)c1csc(C(C)(C)C)n1. The molecule has 0 aliphatic carbocycles. The van der Waals surface area contributed by atoms with Crippen LogP contribution in [0.25, 0.3) is 0 Å². The van der Waals surface area contributed by atoms with E-state index in [0.29, 0.717) is 5.92 Å². The molecule has 0 aliphatic heterocycles. The molecule has 82 valence electrons. The topological polar surface area (TPSA) is 12.9 Å². The van der Waals surface area contributed by atoms with Crippen molar-refractivity contribution in [2.75, 3.05) is 0 Å². The standard InChI is InChI=1S/C10H17NS.C2H6/c1-7(2)8-6-12-9(11-8)10(3,4)5;1-2/h6-7H,1-5H3;1-2H3. The molecule has 0 aliphatic rings. The summed E-state index contributed by atoms with van der Waals surface area (Å²) in [4.78, 5) is 4.60. The summed E-state index contributed by atoms with van der Waals surface area (Å²) in [5.41, 5.74) is 1.43. The fourth-order valence-electron chi connectivity index (χ4n) is 0.896. The minimum Gasteiger partial charge on any atom is -0.245 e. The first kappa shape index (κ1) is 13.6. The number of rotatable bonds is 1. The third-order valence-electron chi connectivity index (χ3n) is 1.76. The molecule has 0 radical (unpaired) electrons. The van der Waals surface area contributed by atoms with Crippen molar-refractivity contribution in [3.05, 3.63) is 16.1 Å². The zero-order chi connectivity index (χ0) is 11.4. The van der Waals surface area contributed by atoms with Gasteiger partial charge in [-0.2, -0.15) is 0 Å². The van der Waals surface area contributed by atoms with Crippen LogP contribution in [0.2, 0.25) is 0 Å². The Morgan fingerprint density at radius 1 is 1.21 bits per heavy atom. The summed E-state index contributed by atoms with van der Waals surface area (Å²) in [7, 11) is 0. The van der Waals surface area contributed by atoms with E-state index in [1.54, 1.807) is 11.3 Å². The fraction of sp³-hybridized carbons (Fsp3) is 0.750. The molecule has 0 unspecified atom stereocenters. The molecule has 1 heterocycles. The Balaban J connectivity index is 0.000000791. The van der Waals surface area contributed by atoms with Crippen LogP contribution < -0.4 is 0 Å². The van der Waals surface area contributed by atoms with Crippen LogP contribution >= 0.6 is 11.3 Å². The van der Waals surface area contributed by atoms with E-state index < -0.39 is 0 Å². The van der Waals surface area contributed by atoms with E-state index in [4.69, 9.17) is 0 Å². The van der Waals surface area contributed by atoms with Crippen LogP contribution in [0.4, 0.5) is 0 Å². The Morgan fingerprint density at radius 2 is 1.71 bits per heavy atom. The van der Waals surface area contributed by atoms with Gasteiger partial charge in [-0.1, -0.05) is 48.5 Å². The first-order valence-corrected chi connectivity index (χ1v) is 6.25. The third kappa shape index (κ3) is 3.79. The quantitative estimate of drug-likeness (QED) is 0.665. The predicted molar refractivity (Wildman–Crippen MR) is 66.3 cm³/mol. The number of thiazole rings is 1. The average molecular weight is 213 g/mol. The van der Waals surface area contributed by atoms with Crippen molar-refractivity contribution in [3.8, 4) is 0 Å². The molecule has 0 saturated carbocycles. The van der Waals surface area contributed by atoms with Gasteiger partial charge in [-0.05, 0) is 5.92 Å². The average Bonchev–Trinajstić information content (AvgIpc) is 2.54. The molecule has 0 aromatic carbocycles. The highest BCUT2D eigenvalue weighted by atomic mass is 32.1. The van der Waals surface area contributed by atoms with Crippen molar-refractivity contribution in [1.82, 2.24) is 4.98 Å². The molecule has 0 N–H and O–H groups in total. The van der Waals surface area contributed by atoms with Gasteiger partial charge < -0.3 is 0 Å². The Labute approximate surface area is 92.6 Å². The Bertz CT molecular complexity index is 256. The van der Waals surface area contributed by atoms with Crippen molar-refractivity contribution < 1.29 is 0 Å². The maximum absolute atomic E-state index is 4.60. The first-order chi connectivity index (χ1) is 6.41. The molecule has 1 aromatic rings. The molecule has 1 aromatic heterocycles. The van der Waals surface area contributed by atoms with Crippen LogP contribution in [0, 0.1) is 0 Å². The first-order valence-electron chi connectivity index (χ1n) is 5.37. The van der Waals surface area contributed by atoms with E-state index in [9.17, 15) is 0 Å². The van der Waals surface area contributed by atoms with Crippen LogP contribution in [0.3, 0.4) is 0 Å². The van der Waals surface area contributed by atoms with Gasteiger partial charge in [0, 0.05) is 10.8 Å². The molecule has 0 bridgehead atoms. The molecule has 0 saturated heterocycles. The van der Waals surface area contributed by atoms with Crippen LogP contribution in [0.15, 0.2) is 5.38 Å². The molecule has 2 heteroatoms. The van der Waals surface area contributed by atoms with Crippen molar-refractivity contribution in [2.24, 2.45) is 0 Å².